The van der Waals surface area contributed by atoms with Gasteiger partial charge in [0, 0.05) is 19.0 Å². The van der Waals surface area contributed by atoms with E-state index in [1.807, 2.05) is 29.2 Å². The molecule has 0 saturated heterocycles. The third-order valence-electron chi connectivity index (χ3n) is 6.33. The number of amides is 1. The van der Waals surface area contributed by atoms with Crippen LogP contribution in [0.1, 0.15) is 36.8 Å². The molecule has 2 unspecified atom stereocenters. The fourth-order valence-corrected chi connectivity index (χ4v) is 4.90. The van der Waals surface area contributed by atoms with Crippen LogP contribution in [0.15, 0.2) is 42.5 Å². The van der Waals surface area contributed by atoms with Crippen molar-refractivity contribution in [3.8, 4) is 11.5 Å². The van der Waals surface area contributed by atoms with E-state index in [1.54, 1.807) is 6.07 Å². The normalized spacial score (nSPS) is 24.5. The van der Waals surface area contributed by atoms with Crippen molar-refractivity contribution in [2.45, 2.75) is 38.8 Å². The van der Waals surface area contributed by atoms with Gasteiger partial charge in [-0.2, -0.15) is 0 Å². The minimum atomic E-state index is -0.270. The Morgan fingerprint density at radius 3 is 2.43 bits per heavy atom. The lowest BCUT2D eigenvalue weighted by Crippen LogP contribution is -2.32. The first-order valence-corrected chi connectivity index (χ1v) is 10.1. The van der Waals surface area contributed by atoms with E-state index >= 15 is 0 Å². The molecule has 146 valence electrons. The monoisotopic (exact) mass is 381 g/mol. The molecule has 2 fully saturated rings. The van der Waals surface area contributed by atoms with Crippen molar-refractivity contribution in [1.29, 1.82) is 0 Å². The number of hydrogen-bond donors (Lipinski definition) is 0. The van der Waals surface area contributed by atoms with Crippen LogP contribution in [0.3, 0.4) is 0 Å². The molecule has 4 nitrogen and oxygen atoms in total. The van der Waals surface area contributed by atoms with Gasteiger partial charge in [-0.3, -0.25) is 4.79 Å². The lowest BCUT2D eigenvalue weighted by atomic mass is 10.0. The summed E-state index contributed by atoms with van der Waals surface area (Å²) in [6.07, 6.45) is 4.80. The Balaban J connectivity index is 1.38. The van der Waals surface area contributed by atoms with Crippen LogP contribution in [0.4, 0.5) is 4.39 Å². The maximum absolute atomic E-state index is 13.7. The lowest BCUT2D eigenvalue weighted by Gasteiger charge is -2.24. The molecule has 2 aromatic carbocycles. The van der Waals surface area contributed by atoms with Crippen LogP contribution < -0.4 is 9.47 Å². The van der Waals surface area contributed by atoms with Crippen LogP contribution in [-0.4, -0.2) is 17.6 Å². The van der Waals surface area contributed by atoms with E-state index in [-0.39, 0.29) is 24.4 Å². The van der Waals surface area contributed by atoms with Gasteiger partial charge in [0.15, 0.2) is 11.5 Å². The second kappa shape index (κ2) is 7.12. The van der Waals surface area contributed by atoms with Crippen molar-refractivity contribution in [2.24, 2.45) is 17.8 Å². The Bertz CT molecular complexity index is 887. The molecule has 0 bridgehead atoms. The zero-order valence-electron chi connectivity index (χ0n) is 15.8. The van der Waals surface area contributed by atoms with Crippen molar-refractivity contribution in [3.05, 3.63) is 59.4 Å². The molecule has 1 heterocycles. The fourth-order valence-electron chi connectivity index (χ4n) is 4.90. The van der Waals surface area contributed by atoms with E-state index in [0.717, 1.165) is 22.6 Å². The second-order valence-corrected chi connectivity index (χ2v) is 8.15. The summed E-state index contributed by atoms with van der Waals surface area (Å²) in [6.45, 7) is 1.14. The summed E-state index contributed by atoms with van der Waals surface area (Å²) in [7, 11) is 0. The number of carbonyl (C=O) groups excluding carboxylic acids is 1. The van der Waals surface area contributed by atoms with E-state index < -0.39 is 0 Å². The zero-order valence-corrected chi connectivity index (χ0v) is 15.8. The van der Waals surface area contributed by atoms with Crippen molar-refractivity contribution in [2.75, 3.05) is 6.79 Å². The van der Waals surface area contributed by atoms with Gasteiger partial charge in [-0.05, 0) is 60.1 Å². The number of nitrogens with zero attached hydrogens (tertiary/aromatic N) is 1. The van der Waals surface area contributed by atoms with Gasteiger partial charge < -0.3 is 14.4 Å². The molecule has 0 aromatic heterocycles. The maximum atomic E-state index is 13.7. The van der Waals surface area contributed by atoms with Gasteiger partial charge >= 0.3 is 0 Å². The Morgan fingerprint density at radius 2 is 1.68 bits per heavy atom. The van der Waals surface area contributed by atoms with Crippen molar-refractivity contribution in [3.63, 3.8) is 0 Å². The first kappa shape index (κ1) is 17.5. The average molecular weight is 381 g/mol. The molecule has 2 aliphatic carbocycles. The minimum Gasteiger partial charge on any atom is -0.454 e. The van der Waals surface area contributed by atoms with Gasteiger partial charge in [0.25, 0.3) is 0 Å². The van der Waals surface area contributed by atoms with Gasteiger partial charge in [0.05, 0.1) is 0 Å². The highest BCUT2D eigenvalue weighted by Gasteiger charge is 2.55. The van der Waals surface area contributed by atoms with Crippen molar-refractivity contribution >= 4 is 5.91 Å². The SMILES string of the molecule is O=C(C1C2CCCCC21)N(Cc1cccc(F)c1)Cc1ccc2c(c1)OCO2. The quantitative estimate of drug-likeness (QED) is 0.764. The molecule has 2 saturated carbocycles. The first-order valence-electron chi connectivity index (χ1n) is 10.1. The fraction of sp³-hybridized carbons (Fsp3) is 0.435. The third kappa shape index (κ3) is 3.34. The van der Waals surface area contributed by atoms with Crippen LogP contribution in [0, 0.1) is 23.6 Å². The Labute approximate surface area is 164 Å². The predicted molar refractivity (Wildman–Crippen MR) is 102 cm³/mol. The minimum absolute atomic E-state index is 0.144. The number of ether oxygens (including phenoxy) is 2. The largest absolute Gasteiger partial charge is 0.454 e. The Hall–Kier alpha value is -2.56. The van der Waals surface area contributed by atoms with Crippen molar-refractivity contribution in [1.82, 2.24) is 4.90 Å². The third-order valence-corrected chi connectivity index (χ3v) is 6.33. The summed E-state index contributed by atoms with van der Waals surface area (Å²) in [6, 6.07) is 12.3. The van der Waals surface area contributed by atoms with E-state index in [4.69, 9.17) is 9.47 Å². The van der Waals surface area contributed by atoms with Crippen LogP contribution in [0.2, 0.25) is 0 Å². The highest BCUT2D eigenvalue weighted by Crippen LogP contribution is 2.56. The standard InChI is InChI=1S/C23H24FNO3/c24-17-5-3-4-15(10-17)12-25(23(26)22-18-6-1-2-7-19(18)22)13-16-8-9-20-21(11-16)28-14-27-20/h3-5,8-11,18-19,22H,1-2,6-7,12-14H2. The number of halogens is 1. The molecule has 28 heavy (non-hydrogen) atoms. The van der Waals surface area contributed by atoms with E-state index in [2.05, 4.69) is 0 Å². The van der Waals surface area contributed by atoms with Gasteiger partial charge in [0.1, 0.15) is 5.82 Å². The van der Waals surface area contributed by atoms with E-state index in [1.165, 1.54) is 37.8 Å². The Morgan fingerprint density at radius 1 is 0.964 bits per heavy atom. The summed E-state index contributed by atoms with van der Waals surface area (Å²) in [5.74, 6) is 2.63. The van der Waals surface area contributed by atoms with E-state index in [0.29, 0.717) is 24.9 Å². The molecule has 0 N–H and O–H groups in total. The number of rotatable bonds is 5. The van der Waals surface area contributed by atoms with Crippen LogP contribution >= 0.6 is 0 Å². The number of fused-ring (bicyclic) bond motifs is 2. The van der Waals surface area contributed by atoms with Crippen LogP contribution in [0.5, 0.6) is 11.5 Å². The molecule has 2 atom stereocenters. The molecule has 3 aliphatic rings. The van der Waals surface area contributed by atoms with Gasteiger partial charge in [0.2, 0.25) is 12.7 Å². The summed E-state index contributed by atoms with van der Waals surface area (Å²) in [4.78, 5) is 15.3. The second-order valence-electron chi connectivity index (χ2n) is 8.15. The van der Waals surface area contributed by atoms with Crippen LogP contribution in [0.25, 0.3) is 0 Å². The molecule has 1 aliphatic heterocycles. The molecule has 5 heteroatoms. The summed E-state index contributed by atoms with van der Waals surface area (Å²) >= 11 is 0. The smallest absolute Gasteiger partial charge is 0.231 e. The molecular weight excluding hydrogens is 357 g/mol. The number of carbonyl (C=O) groups is 1. The highest BCUT2D eigenvalue weighted by molar-refractivity contribution is 5.82. The summed E-state index contributed by atoms with van der Waals surface area (Å²) in [5.41, 5.74) is 1.82. The van der Waals surface area contributed by atoms with Gasteiger partial charge in [-0.15, -0.1) is 0 Å². The van der Waals surface area contributed by atoms with E-state index in [9.17, 15) is 9.18 Å². The first-order chi connectivity index (χ1) is 13.7. The number of hydrogen-bond acceptors (Lipinski definition) is 3. The predicted octanol–water partition coefficient (Wildman–Crippen LogP) is 4.52. The Kier molecular flexibility index (Phi) is 4.46. The lowest BCUT2D eigenvalue weighted by molar-refractivity contribution is -0.134. The topological polar surface area (TPSA) is 38.8 Å². The van der Waals surface area contributed by atoms with Gasteiger partial charge in [-0.25, -0.2) is 4.39 Å². The molecule has 2 aromatic rings. The summed E-state index contributed by atoms with van der Waals surface area (Å²) in [5, 5.41) is 0. The molecule has 1 amide bonds. The zero-order chi connectivity index (χ0) is 19.1. The average Bonchev–Trinajstić information content (AvgIpc) is 3.24. The number of benzene rings is 2. The summed E-state index contributed by atoms with van der Waals surface area (Å²) < 4.78 is 24.5. The molecule has 0 radical (unpaired) electrons. The molecule has 5 rings (SSSR count). The maximum Gasteiger partial charge on any atom is 0.231 e. The molecular formula is C23H24FNO3. The van der Waals surface area contributed by atoms with Gasteiger partial charge in [-0.1, -0.05) is 31.0 Å². The molecule has 0 spiro atoms. The van der Waals surface area contributed by atoms with Crippen molar-refractivity contribution < 1.29 is 18.7 Å². The van der Waals surface area contributed by atoms with Crippen LogP contribution in [-0.2, 0) is 17.9 Å². The highest BCUT2D eigenvalue weighted by atomic mass is 19.1.